The third-order valence-electron chi connectivity index (χ3n) is 3.44. The predicted molar refractivity (Wildman–Crippen MR) is 82.5 cm³/mol. The molecule has 2 heterocycles. The summed E-state index contributed by atoms with van der Waals surface area (Å²) in [5, 5.41) is 10.2. The van der Waals surface area contributed by atoms with Crippen LogP contribution in [0.1, 0.15) is 18.4 Å². The highest BCUT2D eigenvalue weighted by Gasteiger charge is 2.17. The Morgan fingerprint density at radius 2 is 2.05 bits per heavy atom. The molecule has 1 aliphatic heterocycles. The molecule has 0 atom stereocenters. The van der Waals surface area contributed by atoms with Crippen LogP contribution in [0, 0.1) is 5.41 Å². The molecule has 0 bridgehead atoms. The quantitative estimate of drug-likeness (QED) is 0.672. The van der Waals surface area contributed by atoms with Gasteiger partial charge in [-0.15, -0.1) is 11.8 Å². The fraction of sp³-hybridized carbons (Fsp3) is 0.333. The Hall–Kier alpha value is -1.59. The van der Waals surface area contributed by atoms with E-state index >= 15 is 0 Å². The van der Waals surface area contributed by atoms with Gasteiger partial charge in [-0.25, -0.2) is 4.98 Å². The molecule has 1 saturated heterocycles. The minimum atomic E-state index is 0.0948. The summed E-state index contributed by atoms with van der Waals surface area (Å²) < 4.78 is 5.38. The van der Waals surface area contributed by atoms with Gasteiger partial charge in [0.15, 0.2) is 0 Å². The van der Waals surface area contributed by atoms with Crippen LogP contribution in [0.2, 0.25) is 0 Å². The third kappa shape index (κ3) is 2.78. The first kappa shape index (κ1) is 13.4. The van der Waals surface area contributed by atoms with Crippen LogP contribution in [0.15, 0.2) is 35.4 Å². The van der Waals surface area contributed by atoms with Gasteiger partial charge in [0.05, 0.1) is 10.5 Å². The van der Waals surface area contributed by atoms with E-state index in [1.165, 1.54) is 0 Å². The van der Waals surface area contributed by atoms with Crippen LogP contribution in [0.3, 0.4) is 0 Å². The summed E-state index contributed by atoms with van der Waals surface area (Å²) in [5.74, 6) is 0.0948. The number of benzene rings is 1. The lowest BCUT2D eigenvalue weighted by atomic mass is 10.1. The van der Waals surface area contributed by atoms with E-state index in [-0.39, 0.29) is 5.84 Å². The summed E-state index contributed by atoms with van der Waals surface area (Å²) in [6.45, 7) is 1.65. The molecule has 104 valence electrons. The summed E-state index contributed by atoms with van der Waals surface area (Å²) in [5.41, 5.74) is 7.37. The number of ether oxygens (including phenoxy) is 1. The Bertz CT molecular complexity index is 638. The van der Waals surface area contributed by atoms with Crippen molar-refractivity contribution in [2.45, 2.75) is 23.1 Å². The van der Waals surface area contributed by atoms with Gasteiger partial charge in [0.25, 0.3) is 0 Å². The van der Waals surface area contributed by atoms with Crippen molar-refractivity contribution in [2.24, 2.45) is 5.73 Å². The molecule has 1 aromatic carbocycles. The molecule has 20 heavy (non-hydrogen) atoms. The Balaban J connectivity index is 1.96. The van der Waals surface area contributed by atoms with Crippen LogP contribution >= 0.6 is 11.8 Å². The Morgan fingerprint density at radius 1 is 1.30 bits per heavy atom. The topological polar surface area (TPSA) is 72.0 Å². The van der Waals surface area contributed by atoms with E-state index < -0.39 is 0 Å². The van der Waals surface area contributed by atoms with Gasteiger partial charge in [-0.1, -0.05) is 18.2 Å². The van der Waals surface area contributed by atoms with E-state index in [2.05, 4.69) is 4.98 Å². The SMILES string of the molecule is N=C(N)c1cc(SC2CCOCC2)nc2ccccc12. The first-order valence-corrected chi connectivity index (χ1v) is 7.60. The van der Waals surface area contributed by atoms with Crippen LogP contribution in [-0.2, 0) is 4.74 Å². The molecule has 2 aromatic rings. The third-order valence-corrected chi connectivity index (χ3v) is 4.69. The second-order valence-corrected chi connectivity index (χ2v) is 6.19. The van der Waals surface area contributed by atoms with Crippen molar-refractivity contribution in [1.29, 1.82) is 5.41 Å². The second-order valence-electron chi connectivity index (χ2n) is 4.87. The van der Waals surface area contributed by atoms with Crippen molar-refractivity contribution < 1.29 is 4.74 Å². The standard InChI is InChI=1S/C15H17N3OS/c16-15(17)12-9-14(20-10-5-7-19-8-6-10)18-13-4-2-1-3-11(12)13/h1-4,9-10H,5-8H2,(H3,16,17). The molecule has 3 N–H and O–H groups in total. The van der Waals surface area contributed by atoms with E-state index in [1.807, 2.05) is 30.3 Å². The van der Waals surface area contributed by atoms with Crippen molar-refractivity contribution in [3.05, 3.63) is 35.9 Å². The number of nitrogens with one attached hydrogen (secondary N) is 1. The molecule has 3 rings (SSSR count). The van der Waals surface area contributed by atoms with E-state index in [1.54, 1.807) is 11.8 Å². The fourth-order valence-electron chi connectivity index (χ4n) is 2.40. The monoisotopic (exact) mass is 287 g/mol. The number of hydrogen-bond donors (Lipinski definition) is 2. The van der Waals surface area contributed by atoms with Crippen molar-refractivity contribution >= 4 is 28.5 Å². The largest absolute Gasteiger partial charge is 0.384 e. The minimum absolute atomic E-state index is 0.0948. The molecule has 5 heteroatoms. The number of hydrogen-bond acceptors (Lipinski definition) is 4. The summed E-state index contributed by atoms with van der Waals surface area (Å²) in [7, 11) is 0. The first-order chi connectivity index (χ1) is 9.74. The smallest absolute Gasteiger partial charge is 0.123 e. The van der Waals surface area contributed by atoms with Gasteiger partial charge in [-0.3, -0.25) is 5.41 Å². The predicted octanol–water partition coefficient (Wildman–Crippen LogP) is 2.79. The molecule has 0 saturated carbocycles. The summed E-state index contributed by atoms with van der Waals surface area (Å²) >= 11 is 1.77. The maximum absolute atomic E-state index is 7.75. The van der Waals surface area contributed by atoms with Crippen molar-refractivity contribution in [3.8, 4) is 0 Å². The van der Waals surface area contributed by atoms with Gasteiger partial charge in [0.2, 0.25) is 0 Å². The number of nitrogens with two attached hydrogens (primary N) is 1. The highest BCUT2D eigenvalue weighted by Crippen LogP contribution is 2.31. The highest BCUT2D eigenvalue weighted by molar-refractivity contribution is 7.99. The number of fused-ring (bicyclic) bond motifs is 1. The average Bonchev–Trinajstić information content (AvgIpc) is 2.47. The summed E-state index contributed by atoms with van der Waals surface area (Å²) in [6, 6.07) is 9.77. The fourth-order valence-corrected chi connectivity index (χ4v) is 3.51. The van der Waals surface area contributed by atoms with Gasteiger partial charge in [-0.2, -0.15) is 0 Å². The van der Waals surface area contributed by atoms with Gasteiger partial charge < -0.3 is 10.5 Å². The Morgan fingerprint density at radius 3 is 2.80 bits per heavy atom. The number of aromatic nitrogens is 1. The van der Waals surface area contributed by atoms with Crippen LogP contribution in [0.5, 0.6) is 0 Å². The highest BCUT2D eigenvalue weighted by atomic mass is 32.2. The van der Waals surface area contributed by atoms with E-state index in [9.17, 15) is 0 Å². The molecule has 0 aliphatic carbocycles. The van der Waals surface area contributed by atoms with Crippen molar-refractivity contribution in [2.75, 3.05) is 13.2 Å². The molecule has 0 amide bonds. The molecule has 0 unspecified atom stereocenters. The van der Waals surface area contributed by atoms with Crippen molar-refractivity contribution in [3.63, 3.8) is 0 Å². The zero-order valence-electron chi connectivity index (χ0n) is 11.1. The lowest BCUT2D eigenvalue weighted by Crippen LogP contribution is -2.18. The maximum Gasteiger partial charge on any atom is 0.123 e. The molecule has 0 spiro atoms. The molecular formula is C15H17N3OS. The number of nitrogen functional groups attached to an aromatic ring is 1. The zero-order chi connectivity index (χ0) is 13.9. The van der Waals surface area contributed by atoms with Crippen LogP contribution in [0.4, 0.5) is 0 Å². The Kier molecular flexibility index (Phi) is 3.89. The summed E-state index contributed by atoms with van der Waals surface area (Å²) in [4.78, 5) is 4.68. The minimum Gasteiger partial charge on any atom is -0.384 e. The van der Waals surface area contributed by atoms with Gasteiger partial charge in [-0.05, 0) is 25.0 Å². The number of nitrogens with zero attached hydrogens (tertiary/aromatic N) is 1. The van der Waals surface area contributed by atoms with Gasteiger partial charge in [0, 0.05) is 29.4 Å². The Labute approximate surface area is 122 Å². The molecule has 0 radical (unpaired) electrons. The van der Waals surface area contributed by atoms with Crippen LogP contribution in [-0.4, -0.2) is 29.3 Å². The van der Waals surface area contributed by atoms with Crippen LogP contribution in [0.25, 0.3) is 10.9 Å². The number of pyridine rings is 1. The first-order valence-electron chi connectivity index (χ1n) is 6.72. The maximum atomic E-state index is 7.75. The molecule has 4 nitrogen and oxygen atoms in total. The zero-order valence-corrected chi connectivity index (χ0v) is 12.0. The summed E-state index contributed by atoms with van der Waals surface area (Å²) in [6.07, 6.45) is 2.10. The van der Waals surface area contributed by atoms with Gasteiger partial charge >= 0.3 is 0 Å². The number of thioether (sulfide) groups is 1. The normalized spacial score (nSPS) is 16.4. The number of amidine groups is 1. The number of para-hydroxylation sites is 1. The lowest BCUT2D eigenvalue weighted by molar-refractivity contribution is 0.1000. The molecule has 1 fully saturated rings. The van der Waals surface area contributed by atoms with Gasteiger partial charge in [0.1, 0.15) is 5.84 Å². The van der Waals surface area contributed by atoms with E-state index in [0.717, 1.165) is 47.5 Å². The van der Waals surface area contributed by atoms with E-state index in [4.69, 9.17) is 15.9 Å². The average molecular weight is 287 g/mol. The second kappa shape index (κ2) is 5.81. The number of rotatable bonds is 3. The van der Waals surface area contributed by atoms with Crippen LogP contribution < -0.4 is 5.73 Å². The van der Waals surface area contributed by atoms with Crippen molar-refractivity contribution in [1.82, 2.24) is 4.98 Å². The molecular weight excluding hydrogens is 270 g/mol. The molecule has 1 aromatic heterocycles. The van der Waals surface area contributed by atoms with E-state index in [0.29, 0.717) is 5.25 Å². The molecule has 1 aliphatic rings. The lowest BCUT2D eigenvalue weighted by Gasteiger charge is -2.21.